The second kappa shape index (κ2) is 6.08. The maximum Gasteiger partial charge on any atom is 0.0364 e. The van der Waals surface area contributed by atoms with Gasteiger partial charge in [0.2, 0.25) is 0 Å². The van der Waals surface area contributed by atoms with Gasteiger partial charge in [-0.2, -0.15) is 0 Å². The van der Waals surface area contributed by atoms with E-state index in [1.165, 1.54) is 29.0 Å². The van der Waals surface area contributed by atoms with E-state index in [1.807, 2.05) is 11.3 Å². The molecule has 3 rings (SSSR count). The minimum atomic E-state index is 0.621. The average Bonchev–Trinajstić information content (AvgIpc) is 2.82. The van der Waals surface area contributed by atoms with Crippen molar-refractivity contribution in [2.45, 2.75) is 25.6 Å². The lowest BCUT2D eigenvalue weighted by Gasteiger charge is -2.41. The standard InChI is InChI=1S/C17H22N2S/c1-18(2)11-14-10-16(20-13-14)12-19-9-8-17(19)15-6-4-3-5-7-15/h3-7,10,13,17H,8-9,11-12H2,1-2H3. The Morgan fingerprint density at radius 3 is 2.70 bits per heavy atom. The van der Waals surface area contributed by atoms with E-state index < -0.39 is 0 Å². The molecule has 2 nitrogen and oxygen atoms in total. The zero-order valence-corrected chi connectivity index (χ0v) is 13.1. The molecular weight excluding hydrogens is 264 g/mol. The molecule has 0 bridgehead atoms. The summed E-state index contributed by atoms with van der Waals surface area (Å²) < 4.78 is 0. The van der Waals surface area contributed by atoms with Crippen LogP contribution in [0.1, 0.15) is 28.5 Å². The second-order valence-corrected chi connectivity index (χ2v) is 6.84. The Balaban J connectivity index is 1.62. The summed E-state index contributed by atoms with van der Waals surface area (Å²) in [4.78, 5) is 6.30. The maximum atomic E-state index is 2.58. The lowest BCUT2D eigenvalue weighted by Crippen LogP contribution is -2.39. The number of nitrogens with zero attached hydrogens (tertiary/aromatic N) is 2. The molecule has 1 aliphatic heterocycles. The van der Waals surface area contributed by atoms with Crippen LogP contribution < -0.4 is 0 Å². The SMILES string of the molecule is CN(C)Cc1csc(CN2CCC2c2ccccc2)c1. The molecular formula is C17H22N2S. The Hall–Kier alpha value is -1.16. The van der Waals surface area contributed by atoms with Crippen LogP contribution in [0.2, 0.25) is 0 Å². The largest absolute Gasteiger partial charge is 0.305 e. The number of rotatable bonds is 5. The third-order valence-electron chi connectivity index (χ3n) is 3.88. The van der Waals surface area contributed by atoms with Crippen molar-refractivity contribution in [3.05, 3.63) is 57.8 Å². The van der Waals surface area contributed by atoms with Crippen molar-refractivity contribution >= 4 is 11.3 Å². The number of thiophene rings is 1. The van der Waals surface area contributed by atoms with Crippen LogP contribution in [0, 0.1) is 0 Å². The molecule has 0 spiro atoms. The van der Waals surface area contributed by atoms with Gasteiger partial charge in [0.25, 0.3) is 0 Å². The maximum absolute atomic E-state index is 2.58. The van der Waals surface area contributed by atoms with Gasteiger partial charge in [-0.1, -0.05) is 30.3 Å². The number of hydrogen-bond acceptors (Lipinski definition) is 3. The smallest absolute Gasteiger partial charge is 0.0364 e. The van der Waals surface area contributed by atoms with Gasteiger partial charge in [0.05, 0.1) is 0 Å². The summed E-state index contributed by atoms with van der Waals surface area (Å²) >= 11 is 1.90. The van der Waals surface area contributed by atoms with Crippen LogP contribution in [0.15, 0.2) is 41.8 Å². The molecule has 3 heteroatoms. The summed E-state index contributed by atoms with van der Waals surface area (Å²) in [5.74, 6) is 0. The van der Waals surface area contributed by atoms with Gasteiger partial charge in [-0.25, -0.2) is 0 Å². The summed E-state index contributed by atoms with van der Waals surface area (Å²) in [6.07, 6.45) is 1.29. The molecule has 1 aromatic carbocycles. The molecule has 20 heavy (non-hydrogen) atoms. The van der Waals surface area contributed by atoms with Gasteiger partial charge < -0.3 is 4.90 Å². The van der Waals surface area contributed by atoms with E-state index in [4.69, 9.17) is 0 Å². The number of hydrogen-bond donors (Lipinski definition) is 0. The van der Waals surface area contributed by atoms with Crippen LogP contribution in [0.3, 0.4) is 0 Å². The van der Waals surface area contributed by atoms with E-state index in [0.717, 1.165) is 13.1 Å². The van der Waals surface area contributed by atoms with E-state index in [1.54, 1.807) is 0 Å². The Morgan fingerprint density at radius 2 is 2.05 bits per heavy atom. The van der Waals surface area contributed by atoms with E-state index in [-0.39, 0.29) is 0 Å². The van der Waals surface area contributed by atoms with Gasteiger partial charge in [-0.3, -0.25) is 4.90 Å². The molecule has 2 heterocycles. The Kier molecular flexibility index (Phi) is 4.20. The normalized spacial score (nSPS) is 19.2. The van der Waals surface area contributed by atoms with Crippen LogP contribution in [0.5, 0.6) is 0 Å². The van der Waals surface area contributed by atoms with Crippen molar-refractivity contribution in [2.75, 3.05) is 20.6 Å². The highest BCUT2D eigenvalue weighted by Crippen LogP contribution is 2.35. The zero-order chi connectivity index (χ0) is 13.9. The number of benzene rings is 1. The highest BCUT2D eigenvalue weighted by molar-refractivity contribution is 7.10. The lowest BCUT2D eigenvalue weighted by atomic mass is 9.95. The Labute approximate surface area is 125 Å². The van der Waals surface area contributed by atoms with Crippen molar-refractivity contribution in [3.63, 3.8) is 0 Å². The predicted molar refractivity (Wildman–Crippen MR) is 85.9 cm³/mol. The van der Waals surface area contributed by atoms with Crippen molar-refractivity contribution in [2.24, 2.45) is 0 Å². The summed E-state index contributed by atoms with van der Waals surface area (Å²) in [6, 6.07) is 13.9. The summed E-state index contributed by atoms with van der Waals surface area (Å²) in [6.45, 7) is 3.36. The van der Waals surface area contributed by atoms with Crippen LogP contribution in [-0.2, 0) is 13.1 Å². The molecule has 0 saturated carbocycles. The van der Waals surface area contributed by atoms with Crippen molar-refractivity contribution in [1.29, 1.82) is 0 Å². The predicted octanol–water partition coefficient (Wildman–Crippen LogP) is 3.76. The molecule has 1 aromatic heterocycles. The highest BCUT2D eigenvalue weighted by atomic mass is 32.1. The molecule has 1 fully saturated rings. The van der Waals surface area contributed by atoms with E-state index in [9.17, 15) is 0 Å². The zero-order valence-electron chi connectivity index (χ0n) is 12.2. The molecule has 106 valence electrons. The fraction of sp³-hybridized carbons (Fsp3) is 0.412. The molecule has 0 aliphatic carbocycles. The monoisotopic (exact) mass is 286 g/mol. The van der Waals surface area contributed by atoms with Crippen LogP contribution in [-0.4, -0.2) is 30.4 Å². The summed E-state index contributed by atoms with van der Waals surface area (Å²) in [7, 11) is 4.25. The second-order valence-electron chi connectivity index (χ2n) is 5.84. The first-order chi connectivity index (χ1) is 9.72. The molecule has 1 aliphatic rings. The van der Waals surface area contributed by atoms with E-state index in [2.05, 4.69) is 65.7 Å². The third kappa shape index (κ3) is 3.11. The summed E-state index contributed by atoms with van der Waals surface area (Å²) in [5, 5.41) is 2.30. The van der Waals surface area contributed by atoms with Crippen LogP contribution in [0.4, 0.5) is 0 Å². The Bertz CT molecular complexity index is 547. The van der Waals surface area contributed by atoms with Crippen LogP contribution >= 0.6 is 11.3 Å². The third-order valence-corrected chi connectivity index (χ3v) is 4.85. The molecule has 1 atom stereocenters. The number of likely N-dealkylation sites (tertiary alicyclic amines) is 1. The molecule has 0 radical (unpaired) electrons. The molecule has 0 N–H and O–H groups in total. The van der Waals surface area contributed by atoms with Crippen molar-refractivity contribution in [3.8, 4) is 0 Å². The van der Waals surface area contributed by atoms with Crippen molar-refractivity contribution in [1.82, 2.24) is 9.80 Å². The van der Waals surface area contributed by atoms with E-state index >= 15 is 0 Å². The summed E-state index contributed by atoms with van der Waals surface area (Å²) in [5.41, 5.74) is 2.90. The van der Waals surface area contributed by atoms with Gasteiger partial charge in [0.15, 0.2) is 0 Å². The first-order valence-electron chi connectivity index (χ1n) is 7.22. The quantitative estimate of drug-likeness (QED) is 0.826. The molecule has 0 amide bonds. The molecule has 1 saturated heterocycles. The van der Waals surface area contributed by atoms with E-state index in [0.29, 0.717) is 6.04 Å². The minimum absolute atomic E-state index is 0.621. The minimum Gasteiger partial charge on any atom is -0.305 e. The van der Waals surface area contributed by atoms with Gasteiger partial charge >= 0.3 is 0 Å². The lowest BCUT2D eigenvalue weighted by molar-refractivity contribution is 0.0831. The van der Waals surface area contributed by atoms with Crippen molar-refractivity contribution < 1.29 is 0 Å². The highest BCUT2D eigenvalue weighted by Gasteiger charge is 2.29. The topological polar surface area (TPSA) is 6.48 Å². The van der Waals surface area contributed by atoms with Crippen LogP contribution in [0.25, 0.3) is 0 Å². The Morgan fingerprint density at radius 1 is 1.25 bits per heavy atom. The van der Waals surface area contributed by atoms with Gasteiger partial charge in [-0.05, 0) is 43.1 Å². The fourth-order valence-corrected chi connectivity index (χ4v) is 3.75. The fourth-order valence-electron chi connectivity index (χ4n) is 2.84. The van der Waals surface area contributed by atoms with Gasteiger partial charge in [0, 0.05) is 30.6 Å². The first kappa shape index (κ1) is 13.8. The molecule has 1 unspecified atom stereocenters. The van der Waals surface area contributed by atoms with Gasteiger partial charge in [0.1, 0.15) is 0 Å². The van der Waals surface area contributed by atoms with Gasteiger partial charge in [-0.15, -0.1) is 11.3 Å². The first-order valence-corrected chi connectivity index (χ1v) is 8.10. The molecule has 2 aromatic rings. The average molecular weight is 286 g/mol.